The summed E-state index contributed by atoms with van der Waals surface area (Å²) in [4.78, 5) is 27.3. The topological polar surface area (TPSA) is 102 Å². The van der Waals surface area contributed by atoms with Gasteiger partial charge in [-0.3, -0.25) is 9.59 Å². The average Bonchev–Trinajstić information content (AvgIpc) is 3.30. The molecular weight excluding hydrogens is 460 g/mol. The number of hydrogen-bond acceptors (Lipinski definition) is 6. The van der Waals surface area contributed by atoms with Crippen LogP contribution in [0.25, 0.3) is 0 Å². The molecule has 1 aliphatic heterocycles. The third-order valence-electron chi connectivity index (χ3n) is 6.12. The number of thiophene rings is 1. The minimum Gasteiger partial charge on any atom is -0.494 e. The maximum atomic E-state index is 13.2. The Morgan fingerprint density at radius 1 is 1.15 bits per heavy atom. The molecular formula is C24H30N2O5S2. The fraction of sp³-hybridized carbons (Fsp3) is 0.500. The Hall–Kier alpha value is -2.39. The van der Waals surface area contributed by atoms with Crippen LogP contribution in [0, 0.1) is 5.92 Å². The zero-order valence-corrected chi connectivity index (χ0v) is 20.6. The van der Waals surface area contributed by atoms with Crippen LogP contribution < -0.4 is 15.4 Å². The van der Waals surface area contributed by atoms with Gasteiger partial charge in [0.1, 0.15) is 10.8 Å². The standard InChI is InChI=1S/C24H30N2O5S2/c1-3-11-31-18-7-5-16(6-8-18)22(27)26-24-21(19-9-4-15(2)13-20(19)32-24)23(28)25-17-10-12-33(29,30)14-17/h5-8,15,17H,3-4,9-14H2,1-2H3,(H,25,28)(H,26,27). The number of carbonyl (C=O) groups excluding carboxylic acids is 2. The molecule has 2 aliphatic rings. The molecule has 1 fully saturated rings. The minimum atomic E-state index is -3.10. The minimum absolute atomic E-state index is 0.0315. The molecule has 1 aromatic heterocycles. The molecule has 0 saturated carbocycles. The normalized spacial score (nSPS) is 21.3. The fourth-order valence-corrected chi connectivity index (χ4v) is 7.42. The van der Waals surface area contributed by atoms with E-state index in [1.54, 1.807) is 24.3 Å². The number of benzene rings is 1. The van der Waals surface area contributed by atoms with Gasteiger partial charge in [-0.25, -0.2) is 8.42 Å². The van der Waals surface area contributed by atoms with Crippen LogP contribution in [0.1, 0.15) is 64.3 Å². The van der Waals surface area contributed by atoms with Crippen LogP contribution in [0.3, 0.4) is 0 Å². The molecule has 1 saturated heterocycles. The third kappa shape index (κ3) is 5.58. The first kappa shape index (κ1) is 23.8. The van der Waals surface area contributed by atoms with Gasteiger partial charge in [-0.2, -0.15) is 0 Å². The molecule has 1 aromatic carbocycles. The Kier molecular flexibility index (Phi) is 7.09. The lowest BCUT2D eigenvalue weighted by Crippen LogP contribution is -2.36. The number of sulfone groups is 1. The molecule has 178 valence electrons. The maximum absolute atomic E-state index is 13.2. The molecule has 1 aliphatic carbocycles. The molecule has 2 amide bonds. The van der Waals surface area contributed by atoms with Gasteiger partial charge in [0.05, 0.1) is 23.7 Å². The molecule has 4 rings (SSSR count). The molecule has 9 heteroatoms. The van der Waals surface area contributed by atoms with E-state index in [0.29, 0.717) is 40.8 Å². The zero-order chi connectivity index (χ0) is 23.6. The molecule has 2 heterocycles. The molecule has 7 nitrogen and oxygen atoms in total. The summed E-state index contributed by atoms with van der Waals surface area (Å²) in [6, 6.07) is 6.55. The van der Waals surface area contributed by atoms with Gasteiger partial charge < -0.3 is 15.4 Å². The number of rotatable bonds is 7. The van der Waals surface area contributed by atoms with Crippen molar-refractivity contribution < 1.29 is 22.7 Å². The summed E-state index contributed by atoms with van der Waals surface area (Å²) in [5.41, 5.74) is 1.95. The second-order valence-electron chi connectivity index (χ2n) is 8.96. The Morgan fingerprint density at radius 3 is 2.58 bits per heavy atom. The number of ether oxygens (including phenoxy) is 1. The van der Waals surface area contributed by atoms with Crippen LogP contribution in [0.5, 0.6) is 5.75 Å². The van der Waals surface area contributed by atoms with Crippen molar-refractivity contribution in [2.45, 2.75) is 52.0 Å². The van der Waals surface area contributed by atoms with Crippen molar-refractivity contribution in [1.29, 1.82) is 0 Å². The molecule has 33 heavy (non-hydrogen) atoms. The monoisotopic (exact) mass is 490 g/mol. The van der Waals surface area contributed by atoms with E-state index in [0.717, 1.165) is 36.1 Å². The van der Waals surface area contributed by atoms with Gasteiger partial charge in [0.25, 0.3) is 11.8 Å². The van der Waals surface area contributed by atoms with E-state index in [-0.39, 0.29) is 29.4 Å². The summed E-state index contributed by atoms with van der Waals surface area (Å²) in [7, 11) is -3.10. The highest BCUT2D eigenvalue weighted by Gasteiger charge is 2.33. The zero-order valence-electron chi connectivity index (χ0n) is 19.0. The number of hydrogen-bond donors (Lipinski definition) is 2. The molecule has 0 radical (unpaired) electrons. The predicted molar refractivity (Wildman–Crippen MR) is 130 cm³/mol. The van der Waals surface area contributed by atoms with Gasteiger partial charge in [0, 0.05) is 16.5 Å². The van der Waals surface area contributed by atoms with Gasteiger partial charge in [-0.15, -0.1) is 11.3 Å². The number of nitrogens with one attached hydrogen (secondary N) is 2. The van der Waals surface area contributed by atoms with E-state index in [2.05, 4.69) is 17.6 Å². The van der Waals surface area contributed by atoms with Crippen molar-refractivity contribution in [3.05, 3.63) is 45.8 Å². The largest absolute Gasteiger partial charge is 0.494 e. The van der Waals surface area contributed by atoms with Gasteiger partial charge in [-0.1, -0.05) is 13.8 Å². The van der Waals surface area contributed by atoms with Crippen molar-refractivity contribution >= 4 is 38.0 Å². The summed E-state index contributed by atoms with van der Waals surface area (Å²) in [6.45, 7) is 4.83. The van der Waals surface area contributed by atoms with Crippen LogP contribution in [-0.2, 0) is 22.7 Å². The van der Waals surface area contributed by atoms with Crippen LogP contribution in [0.2, 0.25) is 0 Å². The van der Waals surface area contributed by atoms with E-state index < -0.39 is 9.84 Å². The molecule has 2 aromatic rings. The smallest absolute Gasteiger partial charge is 0.256 e. The summed E-state index contributed by atoms with van der Waals surface area (Å²) >= 11 is 1.45. The number of anilines is 1. The highest BCUT2D eigenvalue weighted by Crippen LogP contribution is 2.40. The Morgan fingerprint density at radius 2 is 1.91 bits per heavy atom. The second kappa shape index (κ2) is 9.85. The predicted octanol–water partition coefficient (Wildman–Crippen LogP) is 3.83. The summed E-state index contributed by atoms with van der Waals surface area (Å²) in [6.07, 6.45) is 3.96. The first-order valence-electron chi connectivity index (χ1n) is 11.5. The van der Waals surface area contributed by atoms with E-state index >= 15 is 0 Å². The average molecular weight is 491 g/mol. The fourth-order valence-electron chi connectivity index (χ4n) is 4.34. The summed E-state index contributed by atoms with van der Waals surface area (Å²) in [5, 5.41) is 6.37. The van der Waals surface area contributed by atoms with E-state index in [1.807, 2.05) is 6.92 Å². The number of carbonyl (C=O) groups is 2. The van der Waals surface area contributed by atoms with Gasteiger partial charge in [0.2, 0.25) is 0 Å². The van der Waals surface area contributed by atoms with E-state index in [9.17, 15) is 18.0 Å². The second-order valence-corrected chi connectivity index (χ2v) is 12.3. The summed E-state index contributed by atoms with van der Waals surface area (Å²) in [5.74, 6) is 0.699. The Labute approximate surface area is 198 Å². The van der Waals surface area contributed by atoms with Crippen molar-refractivity contribution in [2.24, 2.45) is 5.92 Å². The van der Waals surface area contributed by atoms with Crippen molar-refractivity contribution in [3.8, 4) is 5.75 Å². The molecule has 2 unspecified atom stereocenters. The first-order chi connectivity index (χ1) is 15.8. The van der Waals surface area contributed by atoms with Gasteiger partial charge >= 0.3 is 0 Å². The van der Waals surface area contributed by atoms with Crippen molar-refractivity contribution in [3.63, 3.8) is 0 Å². The SMILES string of the molecule is CCCOc1ccc(C(=O)Nc2sc3c(c2C(=O)NC2CCS(=O)(=O)C2)CCC(C)C3)cc1. The number of amides is 2. The van der Waals surface area contributed by atoms with Crippen molar-refractivity contribution in [1.82, 2.24) is 5.32 Å². The van der Waals surface area contributed by atoms with Crippen LogP contribution in [-0.4, -0.2) is 44.4 Å². The lowest BCUT2D eigenvalue weighted by molar-refractivity contribution is 0.0941. The lowest BCUT2D eigenvalue weighted by Gasteiger charge is -2.19. The maximum Gasteiger partial charge on any atom is 0.256 e. The highest BCUT2D eigenvalue weighted by atomic mass is 32.2. The van der Waals surface area contributed by atoms with Crippen LogP contribution in [0.15, 0.2) is 24.3 Å². The Bertz CT molecular complexity index is 1140. The van der Waals surface area contributed by atoms with Crippen LogP contribution >= 0.6 is 11.3 Å². The van der Waals surface area contributed by atoms with Gasteiger partial charge in [-0.05, 0) is 67.9 Å². The summed E-state index contributed by atoms with van der Waals surface area (Å²) < 4.78 is 29.2. The first-order valence-corrected chi connectivity index (χ1v) is 14.1. The number of fused-ring (bicyclic) bond motifs is 1. The molecule has 2 N–H and O–H groups in total. The third-order valence-corrected chi connectivity index (χ3v) is 9.06. The molecule has 0 bridgehead atoms. The van der Waals surface area contributed by atoms with Crippen LogP contribution in [0.4, 0.5) is 5.00 Å². The quantitative estimate of drug-likeness (QED) is 0.614. The van der Waals surface area contributed by atoms with E-state index in [1.165, 1.54) is 11.3 Å². The van der Waals surface area contributed by atoms with E-state index in [4.69, 9.17) is 4.74 Å². The van der Waals surface area contributed by atoms with Crippen molar-refractivity contribution in [2.75, 3.05) is 23.4 Å². The van der Waals surface area contributed by atoms with Gasteiger partial charge in [0.15, 0.2) is 9.84 Å². The molecule has 2 atom stereocenters. The highest BCUT2D eigenvalue weighted by molar-refractivity contribution is 7.91. The Balaban J connectivity index is 1.55. The molecule has 0 spiro atoms. The lowest BCUT2D eigenvalue weighted by atomic mass is 9.88.